The topological polar surface area (TPSA) is 26.0 Å². The summed E-state index contributed by atoms with van der Waals surface area (Å²) >= 11 is 3.48. The molecule has 2 rings (SSSR count). The highest BCUT2D eigenvalue weighted by atomic mass is 79.9. The van der Waals surface area contributed by atoms with Gasteiger partial charge < -0.3 is 5.73 Å². The number of hydrogen-bond donors (Lipinski definition) is 1. The van der Waals surface area contributed by atoms with Gasteiger partial charge in [0, 0.05) is 10.5 Å². The first-order valence-corrected chi connectivity index (χ1v) is 6.81. The monoisotopic (exact) mass is 281 g/mol. The first-order valence-electron chi connectivity index (χ1n) is 6.01. The van der Waals surface area contributed by atoms with Gasteiger partial charge in [-0.05, 0) is 41.4 Å². The number of rotatable bonds is 2. The van der Waals surface area contributed by atoms with Gasteiger partial charge in [-0.3, -0.25) is 0 Å². The predicted octanol–water partition coefficient (Wildman–Crippen LogP) is 3.93. The zero-order chi connectivity index (χ0) is 11.9. The molecular formula is C14H20BrN. The highest BCUT2D eigenvalue weighted by Crippen LogP contribution is 2.57. The van der Waals surface area contributed by atoms with Gasteiger partial charge >= 0.3 is 0 Å². The van der Waals surface area contributed by atoms with E-state index in [-0.39, 0.29) is 5.41 Å². The zero-order valence-corrected chi connectivity index (χ0v) is 11.8. The van der Waals surface area contributed by atoms with Crippen molar-refractivity contribution in [1.82, 2.24) is 0 Å². The second kappa shape index (κ2) is 4.15. The SMILES string of the molecule is CCC1(C)C(N)C(C)C1c1ccc(Br)cc1. The molecule has 0 radical (unpaired) electrons. The molecule has 0 aromatic heterocycles. The van der Waals surface area contributed by atoms with Crippen molar-refractivity contribution in [1.29, 1.82) is 0 Å². The summed E-state index contributed by atoms with van der Waals surface area (Å²) in [5.41, 5.74) is 7.96. The van der Waals surface area contributed by atoms with Crippen molar-refractivity contribution in [3.8, 4) is 0 Å². The summed E-state index contributed by atoms with van der Waals surface area (Å²) in [6.45, 7) is 6.84. The molecule has 4 atom stereocenters. The Bertz CT molecular complexity index is 373. The van der Waals surface area contributed by atoms with E-state index in [2.05, 4.69) is 61.0 Å². The summed E-state index contributed by atoms with van der Waals surface area (Å²) in [5, 5.41) is 0. The lowest BCUT2D eigenvalue weighted by atomic mass is 9.49. The molecule has 0 heterocycles. The van der Waals surface area contributed by atoms with Crippen LogP contribution in [0.25, 0.3) is 0 Å². The number of halogens is 1. The van der Waals surface area contributed by atoms with Crippen molar-refractivity contribution in [2.75, 3.05) is 0 Å². The van der Waals surface area contributed by atoms with E-state index in [1.54, 1.807) is 0 Å². The van der Waals surface area contributed by atoms with Crippen molar-refractivity contribution in [3.05, 3.63) is 34.3 Å². The Kier molecular flexibility index (Phi) is 3.15. The normalized spacial score (nSPS) is 38.2. The molecule has 16 heavy (non-hydrogen) atoms. The molecule has 88 valence electrons. The van der Waals surface area contributed by atoms with Crippen molar-refractivity contribution >= 4 is 15.9 Å². The molecule has 1 aromatic rings. The number of benzene rings is 1. The van der Waals surface area contributed by atoms with Crippen molar-refractivity contribution in [3.63, 3.8) is 0 Å². The van der Waals surface area contributed by atoms with Crippen LogP contribution in [-0.2, 0) is 0 Å². The minimum Gasteiger partial charge on any atom is -0.327 e. The molecule has 2 heteroatoms. The second-order valence-corrected chi connectivity index (χ2v) is 6.19. The average Bonchev–Trinajstić information content (AvgIpc) is 2.31. The summed E-state index contributed by atoms with van der Waals surface area (Å²) in [7, 11) is 0. The lowest BCUT2D eigenvalue weighted by molar-refractivity contribution is 0.00361. The third kappa shape index (κ3) is 1.63. The summed E-state index contributed by atoms with van der Waals surface area (Å²) < 4.78 is 1.14. The van der Waals surface area contributed by atoms with Crippen LogP contribution in [0.4, 0.5) is 0 Å². The molecule has 0 amide bonds. The third-order valence-electron chi connectivity index (χ3n) is 4.56. The molecule has 1 fully saturated rings. The van der Waals surface area contributed by atoms with Gasteiger partial charge in [0.05, 0.1) is 0 Å². The fourth-order valence-corrected chi connectivity index (χ4v) is 3.57. The molecule has 1 aliphatic carbocycles. The molecule has 2 N–H and O–H groups in total. The largest absolute Gasteiger partial charge is 0.327 e. The third-order valence-corrected chi connectivity index (χ3v) is 5.08. The first kappa shape index (κ1) is 12.1. The summed E-state index contributed by atoms with van der Waals surface area (Å²) in [4.78, 5) is 0. The zero-order valence-electron chi connectivity index (χ0n) is 10.2. The van der Waals surface area contributed by atoms with Crippen LogP contribution in [0.2, 0.25) is 0 Å². The quantitative estimate of drug-likeness (QED) is 0.874. The molecule has 1 nitrogen and oxygen atoms in total. The first-order chi connectivity index (χ1) is 7.50. The van der Waals surface area contributed by atoms with E-state index >= 15 is 0 Å². The number of hydrogen-bond acceptors (Lipinski definition) is 1. The molecule has 0 saturated heterocycles. The van der Waals surface area contributed by atoms with Crippen molar-refractivity contribution < 1.29 is 0 Å². The molecule has 1 aromatic carbocycles. The number of nitrogens with two attached hydrogens (primary N) is 1. The summed E-state index contributed by atoms with van der Waals surface area (Å²) in [6.07, 6.45) is 1.15. The summed E-state index contributed by atoms with van der Waals surface area (Å²) in [5.74, 6) is 1.20. The fourth-order valence-electron chi connectivity index (χ4n) is 3.31. The Balaban J connectivity index is 2.30. The Morgan fingerprint density at radius 2 is 1.88 bits per heavy atom. The van der Waals surface area contributed by atoms with Crippen molar-refractivity contribution in [2.45, 2.75) is 39.2 Å². The lowest BCUT2D eigenvalue weighted by Crippen LogP contribution is -2.60. The minimum absolute atomic E-state index is 0.271. The highest BCUT2D eigenvalue weighted by molar-refractivity contribution is 9.10. The van der Waals surface area contributed by atoms with E-state index in [0.29, 0.717) is 17.9 Å². The van der Waals surface area contributed by atoms with Gasteiger partial charge in [-0.1, -0.05) is 48.8 Å². The van der Waals surface area contributed by atoms with Crippen LogP contribution < -0.4 is 5.73 Å². The lowest BCUT2D eigenvalue weighted by Gasteiger charge is -2.58. The average molecular weight is 282 g/mol. The van der Waals surface area contributed by atoms with E-state index in [1.165, 1.54) is 5.56 Å². The van der Waals surface area contributed by atoms with Gasteiger partial charge in [0.1, 0.15) is 0 Å². The van der Waals surface area contributed by atoms with E-state index in [4.69, 9.17) is 5.73 Å². The van der Waals surface area contributed by atoms with E-state index in [1.807, 2.05) is 0 Å². The van der Waals surface area contributed by atoms with Crippen LogP contribution in [0.3, 0.4) is 0 Å². The Morgan fingerprint density at radius 1 is 1.31 bits per heavy atom. The highest BCUT2D eigenvalue weighted by Gasteiger charge is 2.54. The predicted molar refractivity (Wildman–Crippen MR) is 72.4 cm³/mol. The smallest absolute Gasteiger partial charge is 0.0175 e. The van der Waals surface area contributed by atoms with Crippen LogP contribution in [0, 0.1) is 11.3 Å². The van der Waals surface area contributed by atoms with Gasteiger partial charge in [0.2, 0.25) is 0 Å². The molecule has 1 saturated carbocycles. The van der Waals surface area contributed by atoms with E-state index in [0.717, 1.165) is 10.9 Å². The summed E-state index contributed by atoms with van der Waals surface area (Å²) in [6, 6.07) is 9.05. The fraction of sp³-hybridized carbons (Fsp3) is 0.571. The standard InChI is InChI=1S/C14H20BrN/c1-4-14(3)12(9(2)13(14)16)10-5-7-11(15)8-6-10/h5-9,12-13H,4,16H2,1-3H3. The maximum atomic E-state index is 6.26. The molecule has 0 aliphatic heterocycles. The van der Waals surface area contributed by atoms with Gasteiger partial charge in [-0.2, -0.15) is 0 Å². The maximum Gasteiger partial charge on any atom is 0.0175 e. The molecule has 1 aliphatic rings. The van der Waals surface area contributed by atoms with E-state index < -0.39 is 0 Å². The molecule has 0 spiro atoms. The van der Waals surface area contributed by atoms with Gasteiger partial charge in [-0.15, -0.1) is 0 Å². The van der Waals surface area contributed by atoms with Crippen LogP contribution in [0.15, 0.2) is 28.7 Å². The van der Waals surface area contributed by atoms with Crippen LogP contribution in [0.5, 0.6) is 0 Å². The Labute approximate surface area is 107 Å². The van der Waals surface area contributed by atoms with Crippen LogP contribution >= 0.6 is 15.9 Å². The van der Waals surface area contributed by atoms with Crippen LogP contribution in [-0.4, -0.2) is 6.04 Å². The van der Waals surface area contributed by atoms with E-state index in [9.17, 15) is 0 Å². The molecular weight excluding hydrogens is 262 g/mol. The van der Waals surface area contributed by atoms with Gasteiger partial charge in [0.25, 0.3) is 0 Å². The van der Waals surface area contributed by atoms with Crippen molar-refractivity contribution in [2.24, 2.45) is 17.1 Å². The maximum absolute atomic E-state index is 6.26. The van der Waals surface area contributed by atoms with Gasteiger partial charge in [0.15, 0.2) is 0 Å². The molecule has 0 bridgehead atoms. The van der Waals surface area contributed by atoms with Crippen LogP contribution in [0.1, 0.15) is 38.7 Å². The van der Waals surface area contributed by atoms with Gasteiger partial charge in [-0.25, -0.2) is 0 Å². The Hall–Kier alpha value is -0.340. The Morgan fingerprint density at radius 3 is 2.38 bits per heavy atom. The molecule has 4 unspecified atom stereocenters. The minimum atomic E-state index is 0.271. The second-order valence-electron chi connectivity index (χ2n) is 5.27.